The maximum Gasteiger partial charge on any atom is 0.225 e. The quantitative estimate of drug-likeness (QED) is 0.693. The van der Waals surface area contributed by atoms with Crippen LogP contribution in [0.5, 0.6) is 0 Å². The van der Waals surface area contributed by atoms with Crippen molar-refractivity contribution in [2.45, 2.75) is 57.8 Å². The molecule has 3 aliphatic carbocycles. The molecule has 0 spiro atoms. The predicted molar refractivity (Wildman–Crippen MR) is 117 cm³/mol. The number of ketones is 1. The number of aromatic nitrogens is 1. The lowest BCUT2D eigenvalue weighted by molar-refractivity contribution is -0.129. The number of hydrogen-bond donors (Lipinski definition) is 1. The van der Waals surface area contributed by atoms with Crippen LogP contribution in [-0.2, 0) is 16.0 Å². The highest BCUT2D eigenvalue weighted by Crippen LogP contribution is 2.62. The summed E-state index contributed by atoms with van der Waals surface area (Å²) in [5.41, 5.74) is 1.60. The molecule has 5 atom stereocenters. The summed E-state index contributed by atoms with van der Waals surface area (Å²) >= 11 is 0. The molecule has 1 aromatic carbocycles. The molecule has 1 N–H and O–H groups in total. The Kier molecular flexibility index (Phi) is 5.34. The molecule has 1 aromatic heterocycles. The molecule has 5 rings (SSSR count). The van der Waals surface area contributed by atoms with Crippen molar-refractivity contribution in [1.29, 1.82) is 0 Å². The van der Waals surface area contributed by atoms with E-state index in [4.69, 9.17) is 0 Å². The summed E-state index contributed by atoms with van der Waals surface area (Å²) in [4.78, 5) is 29.4. The Morgan fingerprint density at radius 3 is 2.81 bits per heavy atom. The normalized spacial score (nSPS) is 30.9. The van der Waals surface area contributed by atoms with Gasteiger partial charge in [0.15, 0.2) is 11.6 Å². The van der Waals surface area contributed by atoms with Crippen LogP contribution in [-0.4, -0.2) is 16.7 Å². The molecule has 6 heteroatoms. The monoisotopic (exact) mass is 438 g/mol. The Labute approximate surface area is 186 Å². The fourth-order valence-electron chi connectivity index (χ4n) is 6.89. The van der Waals surface area contributed by atoms with Crippen LogP contribution in [0, 0.1) is 34.8 Å². The zero-order valence-corrected chi connectivity index (χ0v) is 18.2. The summed E-state index contributed by atoms with van der Waals surface area (Å²) in [6.45, 7) is 2.10. The van der Waals surface area contributed by atoms with Gasteiger partial charge in [-0.15, -0.1) is 0 Å². The minimum Gasteiger partial charge on any atom is -0.308 e. The van der Waals surface area contributed by atoms with Crippen molar-refractivity contribution in [2.75, 3.05) is 5.32 Å². The number of amides is 1. The van der Waals surface area contributed by atoms with Crippen LogP contribution in [0.2, 0.25) is 0 Å². The van der Waals surface area contributed by atoms with Crippen LogP contribution in [0.15, 0.2) is 36.5 Å². The van der Waals surface area contributed by atoms with Gasteiger partial charge < -0.3 is 5.32 Å². The number of carbonyl (C=O) groups excluding carboxylic acids is 2. The summed E-state index contributed by atoms with van der Waals surface area (Å²) in [6.07, 6.45) is 6.05. The van der Waals surface area contributed by atoms with E-state index < -0.39 is 5.82 Å². The molecule has 0 saturated heterocycles. The number of anilines is 1. The molecule has 3 unspecified atom stereocenters. The first-order chi connectivity index (χ1) is 15.4. The molecule has 0 aliphatic heterocycles. The van der Waals surface area contributed by atoms with E-state index in [9.17, 15) is 18.4 Å². The molecule has 2 aromatic rings. The van der Waals surface area contributed by atoms with Crippen LogP contribution in [0.25, 0.3) is 0 Å². The molecule has 1 heterocycles. The molecule has 2 fully saturated rings. The number of fused-ring (bicyclic) bond motifs is 5. The number of carbonyl (C=O) groups is 2. The Hall–Kier alpha value is -2.63. The van der Waals surface area contributed by atoms with Gasteiger partial charge >= 0.3 is 0 Å². The van der Waals surface area contributed by atoms with Gasteiger partial charge in [-0.1, -0.05) is 19.1 Å². The molecule has 168 valence electrons. The van der Waals surface area contributed by atoms with Gasteiger partial charge in [-0.25, -0.2) is 13.8 Å². The van der Waals surface area contributed by atoms with Crippen molar-refractivity contribution in [3.05, 3.63) is 59.3 Å². The third-order valence-corrected chi connectivity index (χ3v) is 8.32. The second kappa shape index (κ2) is 8.05. The van der Waals surface area contributed by atoms with E-state index in [2.05, 4.69) is 23.3 Å². The van der Waals surface area contributed by atoms with Crippen molar-refractivity contribution in [3.8, 4) is 0 Å². The van der Waals surface area contributed by atoms with Gasteiger partial charge in [0.25, 0.3) is 0 Å². The van der Waals surface area contributed by atoms with Gasteiger partial charge in [-0.2, -0.15) is 0 Å². The number of nitrogens with zero attached hydrogens (tertiary/aromatic N) is 1. The molecule has 4 nitrogen and oxygen atoms in total. The molecular formula is C26H28F2N2O2. The fourth-order valence-corrected chi connectivity index (χ4v) is 6.89. The van der Waals surface area contributed by atoms with Gasteiger partial charge in [-0.05, 0) is 85.1 Å². The van der Waals surface area contributed by atoms with E-state index in [0.717, 1.165) is 30.4 Å². The highest BCUT2D eigenvalue weighted by Gasteiger charge is 2.58. The zero-order chi connectivity index (χ0) is 22.5. The third-order valence-electron chi connectivity index (χ3n) is 8.32. The van der Waals surface area contributed by atoms with E-state index >= 15 is 0 Å². The van der Waals surface area contributed by atoms with Gasteiger partial charge in [0, 0.05) is 24.5 Å². The summed E-state index contributed by atoms with van der Waals surface area (Å²) in [5, 5.41) is 2.55. The van der Waals surface area contributed by atoms with Crippen molar-refractivity contribution in [1.82, 2.24) is 4.98 Å². The molecular weight excluding hydrogens is 410 g/mol. The second-order valence-corrected chi connectivity index (χ2v) is 9.91. The molecule has 1 amide bonds. The Morgan fingerprint density at radius 2 is 2.00 bits per heavy atom. The topological polar surface area (TPSA) is 59.1 Å². The largest absolute Gasteiger partial charge is 0.308 e. The molecule has 0 bridgehead atoms. The SMILES string of the molecule is C[C@]12CCC3c4cccc(F)c4CCC3C1[C@H](CCC(=O)Nc1ncccc1F)CC2=O. The highest BCUT2D eigenvalue weighted by atomic mass is 19.1. The van der Waals surface area contributed by atoms with Gasteiger partial charge in [0.05, 0.1) is 0 Å². The first-order valence-corrected chi connectivity index (χ1v) is 11.6. The van der Waals surface area contributed by atoms with Gasteiger partial charge in [0.1, 0.15) is 11.6 Å². The molecule has 2 saturated carbocycles. The lowest BCUT2D eigenvalue weighted by atomic mass is 9.54. The fraction of sp³-hybridized carbons (Fsp3) is 0.500. The van der Waals surface area contributed by atoms with Gasteiger partial charge in [0.2, 0.25) is 5.91 Å². The van der Waals surface area contributed by atoms with Crippen LogP contribution >= 0.6 is 0 Å². The first kappa shape index (κ1) is 21.2. The maximum absolute atomic E-state index is 14.4. The van der Waals surface area contributed by atoms with Crippen molar-refractivity contribution in [3.63, 3.8) is 0 Å². The Morgan fingerprint density at radius 1 is 1.19 bits per heavy atom. The highest BCUT2D eigenvalue weighted by molar-refractivity contribution is 5.90. The number of rotatable bonds is 4. The van der Waals surface area contributed by atoms with Gasteiger partial charge in [-0.3, -0.25) is 9.59 Å². The second-order valence-electron chi connectivity index (χ2n) is 9.91. The van der Waals surface area contributed by atoms with Crippen LogP contribution in [0.1, 0.15) is 62.5 Å². The standard InChI is InChI=1S/C26H28F2N2O2/c1-26-12-11-17-16-4-2-5-20(27)18(16)8-9-19(17)24(26)15(14-22(26)31)7-10-23(32)30-25-21(28)6-3-13-29-25/h2-6,13,15,17,19,24H,7-12,14H2,1H3,(H,29,30,32)/t15-,17?,19?,24?,26-/m1/s1. The van der Waals surface area contributed by atoms with E-state index in [-0.39, 0.29) is 47.1 Å². The minimum atomic E-state index is -0.562. The summed E-state index contributed by atoms with van der Waals surface area (Å²) in [6, 6.07) is 8.12. The zero-order valence-electron chi connectivity index (χ0n) is 18.2. The first-order valence-electron chi connectivity index (χ1n) is 11.6. The molecule has 32 heavy (non-hydrogen) atoms. The number of benzene rings is 1. The van der Waals surface area contributed by atoms with Crippen molar-refractivity contribution in [2.24, 2.45) is 23.2 Å². The Balaban J connectivity index is 1.34. The maximum atomic E-state index is 14.4. The minimum absolute atomic E-state index is 0.0616. The van der Waals surface area contributed by atoms with Crippen molar-refractivity contribution < 1.29 is 18.4 Å². The average molecular weight is 439 g/mol. The predicted octanol–water partition coefficient (Wildman–Crippen LogP) is 5.43. The summed E-state index contributed by atoms with van der Waals surface area (Å²) in [7, 11) is 0. The Bertz CT molecular complexity index is 1070. The third kappa shape index (κ3) is 3.44. The van der Waals surface area contributed by atoms with Crippen LogP contribution < -0.4 is 5.32 Å². The lowest BCUT2D eigenvalue weighted by Gasteiger charge is -2.50. The van der Waals surface area contributed by atoms with Crippen molar-refractivity contribution >= 4 is 17.5 Å². The number of halogens is 2. The lowest BCUT2D eigenvalue weighted by Crippen LogP contribution is -2.44. The van der Waals surface area contributed by atoms with E-state index in [1.165, 1.54) is 24.4 Å². The van der Waals surface area contributed by atoms with Crippen LogP contribution in [0.3, 0.4) is 0 Å². The smallest absolute Gasteiger partial charge is 0.225 e. The number of Topliss-reactive ketones (excluding diaryl/α,β-unsaturated/α-hetero) is 1. The van der Waals surface area contributed by atoms with Crippen LogP contribution in [0.4, 0.5) is 14.6 Å². The number of pyridine rings is 1. The molecule has 0 radical (unpaired) electrons. The molecule has 3 aliphatic rings. The number of nitrogens with one attached hydrogen (secondary N) is 1. The summed E-state index contributed by atoms with van der Waals surface area (Å²) < 4.78 is 28.2. The summed E-state index contributed by atoms with van der Waals surface area (Å²) in [5.74, 6) is 0.194. The average Bonchev–Trinajstić information content (AvgIpc) is 3.04. The van der Waals surface area contributed by atoms with E-state index in [1.54, 1.807) is 6.07 Å². The van der Waals surface area contributed by atoms with E-state index in [1.807, 2.05) is 0 Å². The number of hydrogen-bond acceptors (Lipinski definition) is 3. The van der Waals surface area contributed by atoms with E-state index in [0.29, 0.717) is 31.0 Å².